The molecule has 2 unspecified atom stereocenters. The van der Waals surface area contributed by atoms with Crippen LogP contribution in [0.3, 0.4) is 0 Å². The van der Waals surface area contributed by atoms with Crippen molar-refractivity contribution in [1.29, 1.82) is 0 Å². The highest BCUT2D eigenvalue weighted by Gasteiger charge is 2.12. The van der Waals surface area contributed by atoms with Crippen molar-refractivity contribution in [3.8, 4) is 0 Å². The van der Waals surface area contributed by atoms with E-state index < -0.39 is 6.10 Å². The first-order chi connectivity index (χ1) is 10.7. The first kappa shape index (κ1) is 21.4. The second kappa shape index (κ2) is 16.8. The fourth-order valence-electron chi connectivity index (χ4n) is 2.93. The van der Waals surface area contributed by atoms with E-state index in [4.69, 9.17) is 0 Å². The molecule has 22 heavy (non-hydrogen) atoms. The van der Waals surface area contributed by atoms with Gasteiger partial charge in [0.1, 0.15) is 0 Å². The third-order valence-corrected chi connectivity index (χ3v) is 4.48. The summed E-state index contributed by atoms with van der Waals surface area (Å²) >= 11 is 0. The summed E-state index contributed by atoms with van der Waals surface area (Å²) in [6.45, 7) is 4.01. The van der Waals surface area contributed by atoms with Crippen LogP contribution in [0.5, 0.6) is 0 Å². The highest BCUT2D eigenvalue weighted by molar-refractivity contribution is 5.46. The van der Waals surface area contributed by atoms with Gasteiger partial charge < -0.3 is 10.4 Å². The Balaban J connectivity index is 3.21. The van der Waals surface area contributed by atoms with Gasteiger partial charge in [-0.1, -0.05) is 90.4 Å². The van der Waals surface area contributed by atoms with E-state index in [1.165, 1.54) is 77.0 Å². The zero-order valence-corrected chi connectivity index (χ0v) is 15.0. The predicted molar refractivity (Wildman–Crippen MR) is 95.0 cm³/mol. The molecule has 0 radical (unpaired) electrons. The number of nitrogens with one attached hydrogen (secondary N) is 1. The number of hydrogen-bond donors (Lipinski definition) is 2. The molecule has 132 valence electrons. The molecule has 0 bridgehead atoms. The van der Waals surface area contributed by atoms with E-state index in [9.17, 15) is 9.90 Å². The number of aliphatic hydroxyl groups is 1. The molecule has 0 aliphatic rings. The number of carbonyl (C=O) groups is 1. The Hall–Kier alpha value is -0.570. The summed E-state index contributed by atoms with van der Waals surface area (Å²) in [5.74, 6) is 0. The van der Waals surface area contributed by atoms with Gasteiger partial charge >= 0.3 is 0 Å². The molecule has 0 fully saturated rings. The third kappa shape index (κ3) is 14.4. The molecule has 3 heteroatoms. The van der Waals surface area contributed by atoms with Crippen LogP contribution in [0.1, 0.15) is 104 Å². The van der Waals surface area contributed by atoms with Crippen LogP contribution in [-0.4, -0.2) is 23.7 Å². The summed E-state index contributed by atoms with van der Waals surface area (Å²) in [5.41, 5.74) is 0. The second-order valence-corrected chi connectivity index (χ2v) is 6.66. The van der Waals surface area contributed by atoms with Gasteiger partial charge in [0.2, 0.25) is 6.41 Å². The van der Waals surface area contributed by atoms with Gasteiger partial charge in [0.15, 0.2) is 0 Å². The summed E-state index contributed by atoms with van der Waals surface area (Å²) in [4.78, 5) is 10.4. The zero-order valence-electron chi connectivity index (χ0n) is 15.0. The summed E-state index contributed by atoms with van der Waals surface area (Å²) < 4.78 is 0. The lowest BCUT2D eigenvalue weighted by atomic mass is 10.0. The van der Waals surface area contributed by atoms with Crippen molar-refractivity contribution in [2.24, 2.45) is 0 Å². The number of aliphatic hydroxyl groups excluding tert-OH is 1. The Bertz CT molecular complexity index is 231. The van der Waals surface area contributed by atoms with Crippen LogP contribution in [0.25, 0.3) is 0 Å². The highest BCUT2D eigenvalue weighted by Crippen LogP contribution is 2.13. The van der Waals surface area contributed by atoms with Gasteiger partial charge in [0.05, 0.1) is 12.1 Å². The maximum atomic E-state index is 10.4. The lowest BCUT2D eigenvalue weighted by Gasteiger charge is -2.18. The van der Waals surface area contributed by atoms with E-state index >= 15 is 0 Å². The molecule has 1 amide bonds. The van der Waals surface area contributed by atoms with Crippen molar-refractivity contribution >= 4 is 6.41 Å². The molecule has 0 aromatic carbocycles. The molecule has 2 atom stereocenters. The zero-order chi connectivity index (χ0) is 16.5. The van der Waals surface area contributed by atoms with Crippen molar-refractivity contribution in [2.45, 2.75) is 116 Å². The van der Waals surface area contributed by atoms with Gasteiger partial charge in [-0.15, -0.1) is 0 Å². The molecular weight excluding hydrogens is 274 g/mol. The molecule has 0 heterocycles. The Morgan fingerprint density at radius 1 is 0.818 bits per heavy atom. The maximum Gasteiger partial charge on any atom is 0.207 e. The normalized spacial score (nSPS) is 13.8. The molecule has 0 saturated heterocycles. The van der Waals surface area contributed by atoms with Crippen molar-refractivity contribution in [2.75, 3.05) is 0 Å². The van der Waals surface area contributed by atoms with Crippen LogP contribution >= 0.6 is 0 Å². The lowest BCUT2D eigenvalue weighted by Crippen LogP contribution is -2.37. The van der Waals surface area contributed by atoms with Crippen LogP contribution in [0.15, 0.2) is 0 Å². The molecule has 0 aromatic heterocycles. The summed E-state index contributed by atoms with van der Waals surface area (Å²) in [7, 11) is 0. The fraction of sp³-hybridized carbons (Fsp3) is 0.947. The lowest BCUT2D eigenvalue weighted by molar-refractivity contribution is -0.110. The summed E-state index contributed by atoms with van der Waals surface area (Å²) in [5, 5.41) is 12.2. The minimum Gasteiger partial charge on any atom is -0.391 e. The maximum absolute atomic E-state index is 10.4. The Morgan fingerprint density at radius 3 is 1.59 bits per heavy atom. The van der Waals surface area contributed by atoms with Crippen molar-refractivity contribution in [3.05, 3.63) is 0 Å². The smallest absolute Gasteiger partial charge is 0.207 e. The average Bonchev–Trinajstić information content (AvgIpc) is 2.50. The molecule has 2 N–H and O–H groups in total. The monoisotopic (exact) mass is 313 g/mol. The van der Waals surface area contributed by atoms with Gasteiger partial charge in [0, 0.05) is 0 Å². The minimum atomic E-state index is -0.456. The molecule has 3 nitrogen and oxygen atoms in total. The van der Waals surface area contributed by atoms with E-state index in [1.54, 1.807) is 6.92 Å². The van der Waals surface area contributed by atoms with Gasteiger partial charge in [-0.25, -0.2) is 0 Å². The fourth-order valence-corrected chi connectivity index (χ4v) is 2.93. The van der Waals surface area contributed by atoms with E-state index in [1.807, 2.05) is 0 Å². The Labute approximate surface area is 138 Å². The van der Waals surface area contributed by atoms with E-state index in [0.29, 0.717) is 6.41 Å². The van der Waals surface area contributed by atoms with Gasteiger partial charge in [-0.05, 0) is 13.3 Å². The van der Waals surface area contributed by atoms with Crippen molar-refractivity contribution in [1.82, 2.24) is 5.32 Å². The summed E-state index contributed by atoms with van der Waals surface area (Å²) in [6.07, 6.45) is 18.6. The van der Waals surface area contributed by atoms with Crippen LogP contribution in [0.2, 0.25) is 0 Å². The second-order valence-electron chi connectivity index (χ2n) is 6.66. The largest absolute Gasteiger partial charge is 0.391 e. The highest BCUT2D eigenvalue weighted by atomic mass is 16.3. The van der Waals surface area contributed by atoms with Gasteiger partial charge in [0.25, 0.3) is 0 Å². The van der Waals surface area contributed by atoms with E-state index in [2.05, 4.69) is 12.2 Å². The van der Waals surface area contributed by atoms with Crippen LogP contribution in [0, 0.1) is 0 Å². The number of carbonyl (C=O) groups excluding carboxylic acids is 1. The van der Waals surface area contributed by atoms with Gasteiger partial charge in [-0.2, -0.15) is 0 Å². The minimum absolute atomic E-state index is 0.0785. The van der Waals surface area contributed by atoms with Crippen molar-refractivity contribution in [3.63, 3.8) is 0 Å². The molecular formula is C19H39NO2. The standard InChI is InChI=1S/C19H39NO2/c1-3-4-5-6-7-8-9-10-11-12-13-14-15-16-19(18(2)22)20-17-21/h17-19,22H,3-16H2,1-2H3,(H,20,21). The number of hydrogen-bond acceptors (Lipinski definition) is 2. The van der Waals surface area contributed by atoms with E-state index in [-0.39, 0.29) is 6.04 Å². The van der Waals surface area contributed by atoms with Gasteiger partial charge in [-0.3, -0.25) is 4.79 Å². The van der Waals surface area contributed by atoms with Crippen molar-refractivity contribution < 1.29 is 9.90 Å². The molecule has 0 aliphatic heterocycles. The Kier molecular flexibility index (Phi) is 16.4. The predicted octanol–water partition coefficient (Wildman–Crippen LogP) is 4.96. The molecule has 0 saturated carbocycles. The van der Waals surface area contributed by atoms with Crippen LogP contribution < -0.4 is 5.32 Å². The topological polar surface area (TPSA) is 49.3 Å². The average molecular weight is 314 g/mol. The first-order valence-corrected chi connectivity index (χ1v) is 9.60. The first-order valence-electron chi connectivity index (χ1n) is 9.60. The quantitative estimate of drug-likeness (QED) is 0.294. The van der Waals surface area contributed by atoms with Crippen LogP contribution in [0.4, 0.5) is 0 Å². The van der Waals surface area contributed by atoms with E-state index in [0.717, 1.165) is 12.8 Å². The Morgan fingerprint density at radius 2 is 1.23 bits per heavy atom. The molecule has 0 rings (SSSR count). The molecule has 0 aliphatic carbocycles. The number of unbranched alkanes of at least 4 members (excludes halogenated alkanes) is 12. The molecule has 0 spiro atoms. The summed E-state index contributed by atoms with van der Waals surface area (Å²) in [6, 6.07) is -0.0785. The number of rotatable bonds is 17. The third-order valence-electron chi connectivity index (χ3n) is 4.48. The molecule has 0 aromatic rings. The number of amides is 1. The van der Waals surface area contributed by atoms with Crippen LogP contribution in [-0.2, 0) is 4.79 Å². The SMILES string of the molecule is CCCCCCCCCCCCCCCC(NC=O)C(C)O.